The molecule has 8 nitrogen and oxygen atoms in total. The third kappa shape index (κ3) is 6.03. The lowest BCUT2D eigenvalue weighted by Gasteiger charge is -2.37. The second kappa shape index (κ2) is 12.4. The van der Waals surface area contributed by atoms with E-state index in [1.54, 1.807) is 12.3 Å². The Labute approximate surface area is 244 Å². The number of pyridine rings is 1. The van der Waals surface area contributed by atoms with Crippen molar-refractivity contribution in [2.75, 3.05) is 49.1 Å². The van der Waals surface area contributed by atoms with E-state index in [1.165, 1.54) is 0 Å². The fourth-order valence-electron chi connectivity index (χ4n) is 5.77. The molecule has 5 rings (SSSR count). The van der Waals surface area contributed by atoms with E-state index in [0.717, 1.165) is 38.2 Å². The second-order valence-electron chi connectivity index (χ2n) is 10.5. The quantitative estimate of drug-likeness (QED) is 0.245. The number of carboxylic acids is 1. The highest BCUT2D eigenvalue weighted by molar-refractivity contribution is 6.31. The normalized spacial score (nSPS) is 19.1. The molecule has 0 bridgehead atoms. The molecule has 2 saturated heterocycles. The average Bonchev–Trinajstić information content (AvgIpc) is 3.43. The van der Waals surface area contributed by atoms with Crippen LogP contribution in [0.25, 0.3) is 11.1 Å². The standard InChI is InChI=1S/C28H30ClF5N6O2/c1-16-11-23(37-7-9-38(10-8-37)27(34)26(32)33)35-13-20(16)19-5-4-17(29)12-22(19)39-6-2-3-18(15-39)40-24(25(30)31)21(14-36-40)28(41)42/h4-5,11-14,18,25-27H,2-3,6-10,15H2,1H3,(H,41,42). The summed E-state index contributed by atoms with van der Waals surface area (Å²) in [5, 5.41) is 13.9. The summed E-state index contributed by atoms with van der Waals surface area (Å²) in [5.74, 6) is -0.793. The Morgan fingerprint density at radius 2 is 1.74 bits per heavy atom. The third-order valence-corrected chi connectivity index (χ3v) is 8.13. The maximum atomic E-state index is 13.9. The molecule has 0 aliphatic carbocycles. The van der Waals surface area contributed by atoms with Crippen molar-refractivity contribution in [1.82, 2.24) is 19.7 Å². The number of nitrogens with zero attached hydrogens (tertiary/aromatic N) is 6. The number of anilines is 2. The molecular weight excluding hydrogens is 583 g/mol. The summed E-state index contributed by atoms with van der Waals surface area (Å²) in [6, 6.07) is 6.86. The van der Waals surface area contributed by atoms with Gasteiger partial charge >= 0.3 is 5.97 Å². The molecule has 1 N–H and O–H groups in total. The van der Waals surface area contributed by atoms with Crippen LogP contribution in [0.3, 0.4) is 0 Å². The van der Waals surface area contributed by atoms with E-state index in [2.05, 4.69) is 10.1 Å². The number of aryl methyl sites for hydroxylation is 1. The zero-order chi connectivity index (χ0) is 30.1. The van der Waals surface area contributed by atoms with E-state index in [9.17, 15) is 31.9 Å². The number of halogens is 6. The zero-order valence-electron chi connectivity index (χ0n) is 22.7. The van der Waals surface area contributed by atoms with Crippen molar-refractivity contribution in [2.24, 2.45) is 0 Å². The molecule has 1 aromatic carbocycles. The Hall–Kier alpha value is -3.45. The molecule has 3 aromatic rings. The van der Waals surface area contributed by atoms with Gasteiger partial charge in [-0.05, 0) is 43.5 Å². The van der Waals surface area contributed by atoms with Gasteiger partial charge in [0.25, 0.3) is 12.9 Å². The number of piperidine rings is 1. The summed E-state index contributed by atoms with van der Waals surface area (Å²) in [6.07, 6.45) is -4.41. The van der Waals surface area contributed by atoms with Gasteiger partial charge in [0.1, 0.15) is 17.1 Å². The number of piperazine rings is 1. The summed E-state index contributed by atoms with van der Waals surface area (Å²) in [6.45, 7) is 3.90. The van der Waals surface area contributed by atoms with Gasteiger partial charge in [-0.25, -0.2) is 31.7 Å². The van der Waals surface area contributed by atoms with E-state index in [0.29, 0.717) is 49.9 Å². The van der Waals surface area contributed by atoms with E-state index < -0.39 is 42.4 Å². The first kappa shape index (κ1) is 30.0. The van der Waals surface area contributed by atoms with Gasteiger partial charge in [0.15, 0.2) is 0 Å². The Morgan fingerprint density at radius 1 is 1.00 bits per heavy atom. The molecule has 42 heavy (non-hydrogen) atoms. The van der Waals surface area contributed by atoms with Crippen molar-refractivity contribution in [1.29, 1.82) is 0 Å². The second-order valence-corrected chi connectivity index (χ2v) is 10.9. The molecule has 2 aliphatic heterocycles. The lowest BCUT2D eigenvalue weighted by Crippen LogP contribution is -2.51. The summed E-state index contributed by atoms with van der Waals surface area (Å²) >= 11 is 6.39. The maximum Gasteiger partial charge on any atom is 0.339 e. The molecule has 14 heteroatoms. The molecule has 2 fully saturated rings. The van der Waals surface area contributed by atoms with Gasteiger partial charge in [-0.3, -0.25) is 9.58 Å². The van der Waals surface area contributed by atoms with Gasteiger partial charge in [-0.2, -0.15) is 5.10 Å². The molecule has 0 spiro atoms. The first-order valence-electron chi connectivity index (χ1n) is 13.6. The number of hydrogen-bond acceptors (Lipinski definition) is 6. The maximum absolute atomic E-state index is 13.9. The topological polar surface area (TPSA) is 77.7 Å². The fraction of sp³-hybridized carbons (Fsp3) is 0.464. The monoisotopic (exact) mass is 612 g/mol. The largest absolute Gasteiger partial charge is 0.478 e. The SMILES string of the molecule is Cc1cc(N2CCN(C(F)C(F)F)CC2)ncc1-c1ccc(Cl)cc1N1CCCC(n2ncc(C(=O)O)c2C(F)F)C1. The third-order valence-electron chi connectivity index (χ3n) is 7.90. The molecule has 2 unspecified atom stereocenters. The number of alkyl halides is 5. The highest BCUT2D eigenvalue weighted by Crippen LogP contribution is 2.39. The van der Waals surface area contributed by atoms with Gasteiger partial charge in [0, 0.05) is 67.3 Å². The van der Waals surface area contributed by atoms with Crippen LogP contribution >= 0.6 is 11.6 Å². The molecule has 2 aromatic heterocycles. The summed E-state index contributed by atoms with van der Waals surface area (Å²) in [7, 11) is 0. The van der Waals surface area contributed by atoms with Crippen molar-refractivity contribution < 1.29 is 31.9 Å². The predicted octanol–water partition coefficient (Wildman–Crippen LogP) is 6.07. The van der Waals surface area contributed by atoms with E-state index in [-0.39, 0.29) is 13.1 Å². The van der Waals surface area contributed by atoms with Crippen LogP contribution < -0.4 is 9.80 Å². The Balaban J connectivity index is 1.39. The number of aromatic carboxylic acids is 1. The van der Waals surface area contributed by atoms with Gasteiger partial charge < -0.3 is 14.9 Å². The van der Waals surface area contributed by atoms with Crippen molar-refractivity contribution in [3.63, 3.8) is 0 Å². The Bertz CT molecular complexity index is 1430. The lowest BCUT2D eigenvalue weighted by molar-refractivity contribution is -0.0505. The van der Waals surface area contributed by atoms with Crippen molar-refractivity contribution in [3.8, 4) is 11.1 Å². The number of carboxylic acid groups (broad SMARTS) is 1. The van der Waals surface area contributed by atoms with Gasteiger partial charge in [0.05, 0.1) is 12.2 Å². The molecule has 4 heterocycles. The molecular formula is C28H30ClF5N6O2. The van der Waals surface area contributed by atoms with Crippen molar-refractivity contribution in [3.05, 3.63) is 58.5 Å². The van der Waals surface area contributed by atoms with Crippen LogP contribution in [-0.2, 0) is 0 Å². The van der Waals surface area contributed by atoms with E-state index in [1.807, 2.05) is 34.9 Å². The number of rotatable bonds is 8. The number of carbonyl (C=O) groups is 1. The molecule has 0 radical (unpaired) electrons. The molecule has 2 aliphatic rings. The molecule has 2 atom stereocenters. The predicted molar refractivity (Wildman–Crippen MR) is 149 cm³/mol. The Morgan fingerprint density at radius 3 is 2.38 bits per heavy atom. The molecule has 0 saturated carbocycles. The van der Waals surface area contributed by atoms with Crippen LogP contribution in [0.5, 0.6) is 0 Å². The molecule has 226 valence electrons. The van der Waals surface area contributed by atoms with Crippen LogP contribution in [-0.4, -0.2) is 82.7 Å². The minimum Gasteiger partial charge on any atom is -0.478 e. The van der Waals surface area contributed by atoms with E-state index in [4.69, 9.17) is 11.6 Å². The number of aromatic nitrogens is 3. The van der Waals surface area contributed by atoms with Gasteiger partial charge in [-0.15, -0.1) is 0 Å². The first-order chi connectivity index (χ1) is 20.0. The number of hydrogen-bond donors (Lipinski definition) is 1. The van der Waals surface area contributed by atoms with Crippen LogP contribution in [0, 0.1) is 6.92 Å². The van der Waals surface area contributed by atoms with Crippen molar-refractivity contribution >= 4 is 29.1 Å². The highest BCUT2D eigenvalue weighted by Gasteiger charge is 2.32. The van der Waals surface area contributed by atoms with Gasteiger partial charge in [-0.1, -0.05) is 17.7 Å². The first-order valence-corrected chi connectivity index (χ1v) is 13.9. The fourth-order valence-corrected chi connectivity index (χ4v) is 5.93. The number of benzene rings is 1. The molecule has 0 amide bonds. The van der Waals surface area contributed by atoms with Crippen LogP contribution in [0.1, 0.15) is 46.9 Å². The van der Waals surface area contributed by atoms with Crippen LogP contribution in [0.4, 0.5) is 33.5 Å². The zero-order valence-corrected chi connectivity index (χ0v) is 23.5. The van der Waals surface area contributed by atoms with Crippen LogP contribution in [0.2, 0.25) is 5.02 Å². The Kier molecular flexibility index (Phi) is 8.88. The van der Waals surface area contributed by atoms with Crippen molar-refractivity contribution in [2.45, 2.75) is 45.0 Å². The van der Waals surface area contributed by atoms with E-state index >= 15 is 0 Å². The summed E-state index contributed by atoms with van der Waals surface area (Å²) in [4.78, 5) is 21.2. The average molecular weight is 613 g/mol. The summed E-state index contributed by atoms with van der Waals surface area (Å²) in [5.41, 5.74) is 2.23. The van der Waals surface area contributed by atoms with Gasteiger partial charge in [0.2, 0.25) is 6.30 Å². The minimum absolute atomic E-state index is 0.156. The highest BCUT2D eigenvalue weighted by atomic mass is 35.5. The minimum atomic E-state index is -3.05. The smallest absolute Gasteiger partial charge is 0.339 e. The lowest BCUT2D eigenvalue weighted by atomic mass is 9.97. The van der Waals surface area contributed by atoms with Crippen LogP contribution in [0.15, 0.2) is 36.7 Å². The summed E-state index contributed by atoms with van der Waals surface area (Å²) < 4.78 is 68.2.